The van der Waals surface area contributed by atoms with Crippen LogP contribution in [-0.2, 0) is 6.54 Å². The molecule has 0 aliphatic heterocycles. The van der Waals surface area contributed by atoms with E-state index in [2.05, 4.69) is 166 Å². The SMILES string of the molecule is CC(C)(C)[Si](C)(C)Oc1ccc2ccccc2c1-c1nc(-c2ccccc2)c(-c2ccccc2)n1Cc1ccccc1. The molecule has 3 nitrogen and oxygen atoms in total. The lowest BCUT2D eigenvalue weighted by atomic mass is 10.0. The number of imidazole rings is 1. The summed E-state index contributed by atoms with van der Waals surface area (Å²) in [5.74, 6) is 1.82. The highest BCUT2D eigenvalue weighted by Crippen LogP contribution is 2.45. The Bertz CT molecular complexity index is 1820. The van der Waals surface area contributed by atoms with Gasteiger partial charge in [0, 0.05) is 17.7 Å². The minimum atomic E-state index is -2.16. The number of hydrogen-bond donors (Lipinski definition) is 0. The summed E-state index contributed by atoms with van der Waals surface area (Å²) in [5, 5.41) is 2.37. The molecule has 0 saturated carbocycles. The molecule has 4 heteroatoms. The fourth-order valence-corrected chi connectivity index (χ4v) is 6.27. The van der Waals surface area contributed by atoms with Crippen LogP contribution in [0.3, 0.4) is 0 Å². The fourth-order valence-electron chi connectivity index (χ4n) is 5.24. The van der Waals surface area contributed by atoms with Crippen molar-refractivity contribution in [3.63, 3.8) is 0 Å². The maximum Gasteiger partial charge on any atom is 0.250 e. The Labute approximate surface area is 250 Å². The van der Waals surface area contributed by atoms with E-state index in [1.54, 1.807) is 0 Å². The zero-order valence-electron chi connectivity index (χ0n) is 25.1. The van der Waals surface area contributed by atoms with Crippen LogP contribution in [0.5, 0.6) is 5.75 Å². The van der Waals surface area contributed by atoms with E-state index in [4.69, 9.17) is 9.41 Å². The van der Waals surface area contributed by atoms with Crippen LogP contribution >= 0.6 is 0 Å². The second-order valence-electron chi connectivity index (χ2n) is 12.5. The molecule has 210 valence electrons. The molecule has 0 spiro atoms. The third kappa shape index (κ3) is 5.30. The van der Waals surface area contributed by atoms with Gasteiger partial charge < -0.3 is 8.99 Å². The van der Waals surface area contributed by atoms with Gasteiger partial charge in [-0.2, -0.15) is 0 Å². The Morgan fingerprint density at radius 1 is 0.667 bits per heavy atom. The van der Waals surface area contributed by atoms with Crippen molar-refractivity contribution in [1.82, 2.24) is 9.55 Å². The van der Waals surface area contributed by atoms with Crippen molar-refractivity contribution in [1.29, 1.82) is 0 Å². The molecule has 1 aromatic heterocycles. The monoisotopic (exact) mass is 566 g/mol. The standard InChI is InChI=1S/C38H38N2OSi/c1-38(2,3)42(4,5)41-33-26-25-29-19-15-16-24-32(29)34(33)37-39-35(30-20-11-7-12-21-30)36(31-22-13-8-14-23-31)40(37)27-28-17-9-6-10-18-28/h6-26H,27H2,1-5H3. The Morgan fingerprint density at radius 3 is 1.88 bits per heavy atom. The lowest BCUT2D eigenvalue weighted by Gasteiger charge is -2.37. The van der Waals surface area contributed by atoms with Gasteiger partial charge >= 0.3 is 0 Å². The molecule has 0 unspecified atom stereocenters. The van der Waals surface area contributed by atoms with Crippen molar-refractivity contribution in [2.45, 2.75) is 45.4 Å². The van der Waals surface area contributed by atoms with Crippen LogP contribution in [0.4, 0.5) is 0 Å². The molecule has 6 aromatic rings. The third-order valence-electron chi connectivity index (χ3n) is 8.53. The largest absolute Gasteiger partial charge is 0.543 e. The molecule has 0 N–H and O–H groups in total. The van der Waals surface area contributed by atoms with Gasteiger partial charge in [0.15, 0.2) is 0 Å². The van der Waals surface area contributed by atoms with Crippen molar-refractivity contribution in [3.8, 4) is 39.7 Å². The smallest absolute Gasteiger partial charge is 0.250 e. The molecular weight excluding hydrogens is 529 g/mol. The summed E-state index contributed by atoms with van der Waals surface area (Å²) in [7, 11) is -2.16. The van der Waals surface area contributed by atoms with Crippen molar-refractivity contribution in [2.75, 3.05) is 0 Å². The summed E-state index contributed by atoms with van der Waals surface area (Å²) >= 11 is 0. The van der Waals surface area contributed by atoms with Gasteiger partial charge in [-0.15, -0.1) is 0 Å². The molecule has 0 aliphatic carbocycles. The molecule has 5 aromatic carbocycles. The number of fused-ring (bicyclic) bond motifs is 1. The number of rotatable bonds is 7. The van der Waals surface area contributed by atoms with Gasteiger partial charge in [-0.3, -0.25) is 0 Å². The second-order valence-corrected chi connectivity index (χ2v) is 17.2. The number of benzene rings is 5. The molecule has 0 radical (unpaired) electrons. The normalized spacial score (nSPS) is 12.0. The maximum absolute atomic E-state index is 7.11. The van der Waals surface area contributed by atoms with E-state index in [9.17, 15) is 0 Å². The summed E-state index contributed by atoms with van der Waals surface area (Å²) in [4.78, 5) is 5.52. The highest BCUT2D eigenvalue weighted by molar-refractivity contribution is 6.74. The van der Waals surface area contributed by atoms with E-state index in [0.717, 1.165) is 45.0 Å². The minimum Gasteiger partial charge on any atom is -0.543 e. The molecule has 42 heavy (non-hydrogen) atoms. The summed E-state index contributed by atoms with van der Waals surface area (Å²) in [6, 6.07) is 44.8. The van der Waals surface area contributed by atoms with Crippen LogP contribution in [0, 0.1) is 0 Å². The third-order valence-corrected chi connectivity index (χ3v) is 12.9. The highest BCUT2D eigenvalue weighted by atomic mass is 28.4. The average molecular weight is 567 g/mol. The molecule has 0 amide bonds. The Kier molecular flexibility index (Phi) is 7.34. The van der Waals surface area contributed by atoms with Crippen LogP contribution in [0.1, 0.15) is 26.3 Å². The second kappa shape index (κ2) is 11.1. The van der Waals surface area contributed by atoms with Crippen LogP contribution in [-0.4, -0.2) is 17.9 Å². The Hall–Kier alpha value is -4.41. The zero-order valence-corrected chi connectivity index (χ0v) is 26.1. The van der Waals surface area contributed by atoms with Gasteiger partial charge in [-0.05, 0) is 40.5 Å². The average Bonchev–Trinajstić information content (AvgIpc) is 3.36. The minimum absolute atomic E-state index is 0.0553. The summed E-state index contributed by atoms with van der Waals surface area (Å²) in [6.07, 6.45) is 0. The van der Waals surface area contributed by atoms with Crippen LogP contribution in [0.25, 0.3) is 44.7 Å². The first-order valence-corrected chi connectivity index (χ1v) is 17.6. The number of nitrogens with zero attached hydrogens (tertiary/aromatic N) is 2. The Balaban J connectivity index is 1.71. The van der Waals surface area contributed by atoms with E-state index in [-0.39, 0.29) is 5.04 Å². The van der Waals surface area contributed by atoms with E-state index >= 15 is 0 Å². The van der Waals surface area contributed by atoms with Crippen LogP contribution in [0.2, 0.25) is 18.1 Å². The molecule has 0 saturated heterocycles. The number of hydrogen-bond acceptors (Lipinski definition) is 2. The lowest BCUT2D eigenvalue weighted by molar-refractivity contribution is 0.493. The topological polar surface area (TPSA) is 27.1 Å². The van der Waals surface area contributed by atoms with Crippen LogP contribution in [0.15, 0.2) is 127 Å². The van der Waals surface area contributed by atoms with Crippen LogP contribution < -0.4 is 4.43 Å². The van der Waals surface area contributed by atoms with E-state index in [0.29, 0.717) is 6.54 Å². The van der Waals surface area contributed by atoms with E-state index in [1.807, 2.05) is 0 Å². The van der Waals surface area contributed by atoms with Gasteiger partial charge in [-0.25, -0.2) is 4.98 Å². The van der Waals surface area contributed by atoms with Gasteiger partial charge in [0.1, 0.15) is 11.6 Å². The first kappa shape index (κ1) is 27.7. The summed E-state index contributed by atoms with van der Waals surface area (Å²) < 4.78 is 9.51. The molecule has 0 aliphatic rings. The molecule has 6 rings (SSSR count). The van der Waals surface area contributed by atoms with Crippen molar-refractivity contribution in [2.24, 2.45) is 0 Å². The quantitative estimate of drug-likeness (QED) is 0.180. The highest BCUT2D eigenvalue weighted by Gasteiger charge is 2.40. The van der Waals surface area contributed by atoms with Crippen molar-refractivity contribution >= 4 is 19.1 Å². The van der Waals surface area contributed by atoms with Crippen molar-refractivity contribution < 1.29 is 4.43 Å². The van der Waals surface area contributed by atoms with Gasteiger partial charge in [0.25, 0.3) is 8.32 Å². The Morgan fingerprint density at radius 2 is 1.24 bits per heavy atom. The van der Waals surface area contributed by atoms with Gasteiger partial charge in [0.2, 0.25) is 0 Å². The molecule has 0 atom stereocenters. The molecule has 0 bridgehead atoms. The van der Waals surface area contributed by atoms with Crippen molar-refractivity contribution in [3.05, 3.63) is 133 Å². The molecule has 0 fully saturated rings. The predicted molar refractivity (Wildman–Crippen MR) is 179 cm³/mol. The predicted octanol–water partition coefficient (Wildman–Crippen LogP) is 10.5. The zero-order chi connectivity index (χ0) is 29.3. The van der Waals surface area contributed by atoms with Gasteiger partial charge in [0.05, 0.1) is 17.0 Å². The number of aromatic nitrogens is 2. The van der Waals surface area contributed by atoms with E-state index in [1.165, 1.54) is 10.9 Å². The maximum atomic E-state index is 7.11. The lowest BCUT2D eigenvalue weighted by Crippen LogP contribution is -2.44. The summed E-state index contributed by atoms with van der Waals surface area (Å²) in [5.41, 5.74) is 6.58. The first-order valence-electron chi connectivity index (χ1n) is 14.7. The molecule has 1 heterocycles. The summed E-state index contributed by atoms with van der Waals surface area (Å²) in [6.45, 7) is 12.2. The first-order chi connectivity index (χ1) is 20.2. The van der Waals surface area contributed by atoms with Gasteiger partial charge in [-0.1, -0.05) is 142 Å². The van der Waals surface area contributed by atoms with E-state index < -0.39 is 8.32 Å². The molecular formula is C38H38N2OSi. The fraction of sp³-hybridized carbons (Fsp3) is 0.184.